The maximum Gasteiger partial charge on any atom is 0.298 e. The van der Waals surface area contributed by atoms with Crippen LogP contribution in [0.4, 0.5) is 6.01 Å². The Balaban J connectivity index is 1.16. The molecule has 27 heavy (non-hydrogen) atoms. The Kier molecular flexibility index (Phi) is 4.33. The van der Waals surface area contributed by atoms with Gasteiger partial charge in [-0.05, 0) is 68.9 Å². The minimum absolute atomic E-state index is 0.117. The maximum absolute atomic E-state index is 12.8. The summed E-state index contributed by atoms with van der Waals surface area (Å²) in [6.45, 7) is 3.87. The van der Waals surface area contributed by atoms with E-state index in [1.807, 2.05) is 24.3 Å². The molecule has 1 N–H and O–H groups in total. The van der Waals surface area contributed by atoms with Crippen LogP contribution in [0.2, 0.25) is 0 Å². The molecule has 2 saturated carbocycles. The van der Waals surface area contributed by atoms with E-state index in [9.17, 15) is 4.79 Å². The number of oxazole rings is 1. The summed E-state index contributed by atoms with van der Waals surface area (Å²) in [7, 11) is 0. The molecule has 1 amide bonds. The van der Waals surface area contributed by atoms with Crippen LogP contribution in [0.25, 0.3) is 11.1 Å². The van der Waals surface area contributed by atoms with E-state index in [-0.39, 0.29) is 11.8 Å². The number of rotatable bonds is 4. The lowest BCUT2D eigenvalue weighted by molar-refractivity contribution is -0.126. The van der Waals surface area contributed by atoms with Crippen LogP contribution in [0.3, 0.4) is 0 Å². The number of nitrogens with one attached hydrogen (secondary N) is 1. The summed E-state index contributed by atoms with van der Waals surface area (Å²) in [5, 5.41) is 3.36. The van der Waals surface area contributed by atoms with Crippen LogP contribution < -0.4 is 10.2 Å². The van der Waals surface area contributed by atoms with E-state index in [1.165, 1.54) is 25.7 Å². The van der Waals surface area contributed by atoms with Gasteiger partial charge in [-0.25, -0.2) is 0 Å². The molecule has 2 heterocycles. The molecule has 5 nitrogen and oxygen atoms in total. The van der Waals surface area contributed by atoms with Crippen molar-refractivity contribution in [1.82, 2.24) is 10.3 Å². The van der Waals surface area contributed by atoms with Crippen molar-refractivity contribution < 1.29 is 9.21 Å². The van der Waals surface area contributed by atoms with Crippen LogP contribution >= 0.6 is 0 Å². The largest absolute Gasteiger partial charge is 0.423 e. The van der Waals surface area contributed by atoms with Gasteiger partial charge in [-0.1, -0.05) is 18.6 Å². The predicted octanol–water partition coefficient (Wildman–Crippen LogP) is 3.99. The van der Waals surface area contributed by atoms with E-state index in [4.69, 9.17) is 4.42 Å². The van der Waals surface area contributed by atoms with Crippen molar-refractivity contribution >= 4 is 23.0 Å². The maximum atomic E-state index is 12.8. The van der Waals surface area contributed by atoms with E-state index in [0.717, 1.165) is 48.9 Å². The van der Waals surface area contributed by atoms with Crippen molar-refractivity contribution in [2.75, 3.05) is 18.0 Å². The summed E-state index contributed by atoms with van der Waals surface area (Å²) < 4.78 is 5.88. The highest BCUT2D eigenvalue weighted by molar-refractivity contribution is 5.79. The van der Waals surface area contributed by atoms with Crippen LogP contribution in [0.5, 0.6) is 0 Å². The lowest BCUT2D eigenvalue weighted by Crippen LogP contribution is -2.46. The number of hydrogen-bond acceptors (Lipinski definition) is 4. The van der Waals surface area contributed by atoms with Crippen LogP contribution in [-0.2, 0) is 4.79 Å². The minimum atomic E-state index is 0.117. The number of carbonyl (C=O) groups excluding carboxylic acids is 1. The molecule has 0 radical (unpaired) electrons. The summed E-state index contributed by atoms with van der Waals surface area (Å²) >= 11 is 0. The molecule has 1 saturated heterocycles. The van der Waals surface area contributed by atoms with Gasteiger partial charge in [0.25, 0.3) is 6.01 Å². The molecule has 1 aliphatic heterocycles. The zero-order valence-corrected chi connectivity index (χ0v) is 16.1. The van der Waals surface area contributed by atoms with Gasteiger partial charge in [0.2, 0.25) is 5.91 Å². The summed E-state index contributed by atoms with van der Waals surface area (Å²) in [4.78, 5) is 19.5. The number of fused-ring (bicyclic) bond motifs is 3. The van der Waals surface area contributed by atoms with Crippen LogP contribution in [0.1, 0.15) is 45.4 Å². The fraction of sp³-hybridized carbons (Fsp3) is 0.636. The fourth-order valence-corrected chi connectivity index (χ4v) is 5.68. The third-order valence-electron chi connectivity index (χ3n) is 7.22. The smallest absolute Gasteiger partial charge is 0.298 e. The Morgan fingerprint density at radius 1 is 1.19 bits per heavy atom. The number of amides is 1. The lowest BCUT2D eigenvalue weighted by Gasteiger charge is -2.33. The van der Waals surface area contributed by atoms with E-state index in [0.29, 0.717) is 18.0 Å². The molecule has 1 aromatic carbocycles. The van der Waals surface area contributed by atoms with Crippen molar-refractivity contribution in [3.8, 4) is 0 Å². The number of hydrogen-bond donors (Lipinski definition) is 1. The van der Waals surface area contributed by atoms with Crippen molar-refractivity contribution in [3.63, 3.8) is 0 Å². The number of para-hydroxylation sites is 2. The van der Waals surface area contributed by atoms with E-state index >= 15 is 0 Å². The monoisotopic (exact) mass is 367 g/mol. The molecule has 2 bridgehead atoms. The Morgan fingerprint density at radius 2 is 2.00 bits per heavy atom. The topological polar surface area (TPSA) is 58.4 Å². The molecule has 1 aromatic heterocycles. The van der Waals surface area contributed by atoms with Gasteiger partial charge in [-0.3, -0.25) is 4.79 Å². The predicted molar refractivity (Wildman–Crippen MR) is 105 cm³/mol. The van der Waals surface area contributed by atoms with Crippen LogP contribution in [0, 0.1) is 23.7 Å². The number of piperidine rings is 1. The summed E-state index contributed by atoms with van der Waals surface area (Å²) in [5.41, 5.74) is 1.72. The summed E-state index contributed by atoms with van der Waals surface area (Å²) in [6.07, 6.45) is 7.24. The van der Waals surface area contributed by atoms with Crippen molar-refractivity contribution in [2.45, 2.75) is 51.5 Å². The Labute approximate surface area is 160 Å². The number of aromatic nitrogens is 1. The highest BCUT2D eigenvalue weighted by atomic mass is 16.4. The van der Waals surface area contributed by atoms with Gasteiger partial charge < -0.3 is 14.6 Å². The minimum Gasteiger partial charge on any atom is -0.423 e. The second kappa shape index (κ2) is 6.84. The van der Waals surface area contributed by atoms with Gasteiger partial charge in [0.1, 0.15) is 5.52 Å². The molecular formula is C22H29N3O2. The van der Waals surface area contributed by atoms with Gasteiger partial charge in [-0.2, -0.15) is 4.98 Å². The molecule has 5 rings (SSSR count). The standard InChI is InChI=1S/C22H29N3O2/c1-14(18-13-15-6-7-17(18)12-15)23-21(26)16-8-10-25(11-9-16)22-24-19-4-2-3-5-20(19)27-22/h2-5,14-18H,6-13H2,1H3,(H,23,26). The Hall–Kier alpha value is -2.04. The van der Waals surface area contributed by atoms with E-state index in [2.05, 4.69) is 22.1 Å². The number of nitrogens with zero attached hydrogens (tertiary/aromatic N) is 2. The van der Waals surface area contributed by atoms with Gasteiger partial charge in [-0.15, -0.1) is 0 Å². The highest BCUT2D eigenvalue weighted by Gasteiger charge is 2.42. The van der Waals surface area contributed by atoms with Crippen molar-refractivity contribution in [2.24, 2.45) is 23.7 Å². The fourth-order valence-electron chi connectivity index (χ4n) is 5.68. The second-order valence-corrected chi connectivity index (χ2v) is 8.86. The average molecular weight is 367 g/mol. The molecule has 5 heteroatoms. The quantitative estimate of drug-likeness (QED) is 0.888. The van der Waals surface area contributed by atoms with Gasteiger partial charge in [0, 0.05) is 25.0 Å². The van der Waals surface area contributed by atoms with Crippen LogP contribution in [-0.4, -0.2) is 30.0 Å². The van der Waals surface area contributed by atoms with E-state index < -0.39 is 0 Å². The van der Waals surface area contributed by atoms with Gasteiger partial charge in [0.15, 0.2) is 5.58 Å². The zero-order chi connectivity index (χ0) is 18.4. The van der Waals surface area contributed by atoms with Gasteiger partial charge in [0.05, 0.1) is 0 Å². The van der Waals surface area contributed by atoms with Crippen molar-refractivity contribution in [3.05, 3.63) is 24.3 Å². The molecule has 4 unspecified atom stereocenters. The molecule has 3 aliphatic rings. The first-order valence-corrected chi connectivity index (χ1v) is 10.6. The third kappa shape index (κ3) is 3.21. The molecule has 4 atom stereocenters. The second-order valence-electron chi connectivity index (χ2n) is 8.86. The van der Waals surface area contributed by atoms with Gasteiger partial charge >= 0.3 is 0 Å². The molecular weight excluding hydrogens is 338 g/mol. The first-order chi connectivity index (χ1) is 13.2. The molecule has 3 fully saturated rings. The highest BCUT2D eigenvalue weighted by Crippen LogP contribution is 2.49. The molecule has 2 aromatic rings. The lowest BCUT2D eigenvalue weighted by atomic mass is 9.83. The third-order valence-corrected chi connectivity index (χ3v) is 7.22. The average Bonchev–Trinajstić information content (AvgIpc) is 3.42. The molecule has 0 spiro atoms. The zero-order valence-electron chi connectivity index (χ0n) is 16.1. The molecule has 144 valence electrons. The van der Waals surface area contributed by atoms with Crippen molar-refractivity contribution in [1.29, 1.82) is 0 Å². The number of benzene rings is 1. The van der Waals surface area contributed by atoms with E-state index in [1.54, 1.807) is 0 Å². The SMILES string of the molecule is CC(NC(=O)C1CCN(c2nc3ccccc3o2)CC1)C1CC2CCC1C2. The van der Waals surface area contributed by atoms with Crippen LogP contribution in [0.15, 0.2) is 28.7 Å². The Bertz CT molecular complexity index is 791. The summed E-state index contributed by atoms with van der Waals surface area (Å²) in [6, 6.07) is 8.87. The Morgan fingerprint density at radius 3 is 2.70 bits per heavy atom. The first kappa shape index (κ1) is 17.1. The summed E-state index contributed by atoms with van der Waals surface area (Å²) in [5.74, 6) is 2.85. The normalized spacial score (nSPS) is 29.4. The molecule has 2 aliphatic carbocycles. The first-order valence-electron chi connectivity index (χ1n) is 10.6. The number of carbonyl (C=O) groups is 1. The number of anilines is 1.